The van der Waals surface area contributed by atoms with Gasteiger partial charge in [-0.15, -0.1) is 0 Å². The molecule has 0 atom stereocenters. The summed E-state index contributed by atoms with van der Waals surface area (Å²) in [7, 11) is -3.62. The van der Waals surface area contributed by atoms with Gasteiger partial charge in [0.25, 0.3) is 11.8 Å². The molecule has 0 fully saturated rings. The third-order valence-electron chi connectivity index (χ3n) is 8.58. The minimum atomic E-state index is -3.62. The number of aromatic amines is 1. The molecule has 0 spiro atoms. The van der Waals surface area contributed by atoms with E-state index < -0.39 is 9.84 Å². The number of H-pyrrole nitrogens is 1. The molecule has 2 aliphatic heterocycles. The number of anilines is 2. The van der Waals surface area contributed by atoms with Crippen molar-refractivity contribution >= 4 is 50.6 Å². The number of sulfone groups is 1. The summed E-state index contributed by atoms with van der Waals surface area (Å²) in [5.41, 5.74) is 6.78. The number of nitrogens with zero attached hydrogens (tertiary/aromatic N) is 1. The van der Waals surface area contributed by atoms with Gasteiger partial charge >= 0.3 is 0 Å². The molecule has 1 aromatic heterocycles. The van der Waals surface area contributed by atoms with Gasteiger partial charge in [0.1, 0.15) is 0 Å². The summed E-state index contributed by atoms with van der Waals surface area (Å²) < 4.78 is 26.2. The third kappa shape index (κ3) is 7.75. The Morgan fingerprint density at radius 2 is 1.62 bits per heavy atom. The summed E-state index contributed by atoms with van der Waals surface area (Å²) in [5.74, 6) is -0.524. The van der Waals surface area contributed by atoms with Crippen LogP contribution in [0.15, 0.2) is 77.7 Å². The Labute approximate surface area is 281 Å². The number of aromatic nitrogens is 1. The van der Waals surface area contributed by atoms with Crippen LogP contribution in [0.2, 0.25) is 0 Å². The fourth-order valence-corrected chi connectivity index (χ4v) is 7.27. The Morgan fingerprint density at radius 1 is 0.917 bits per heavy atom. The zero-order valence-electron chi connectivity index (χ0n) is 27.6. The number of likely N-dealkylation sites (N-methyl/N-ethyl adjacent to an activating group) is 1. The molecular weight excluding hydrogens is 627 g/mol. The lowest BCUT2D eigenvalue weighted by molar-refractivity contribution is -0.115. The number of carbonyl (C=O) groups is 3. The van der Waals surface area contributed by atoms with Crippen LogP contribution >= 0.6 is 0 Å². The standard InChI is InChI=1S/C29H34N4O4S.C8H7NO/c1-5-33(6-2)15-14-30-29(35)27-19(3)26(31-20(27)4)17-24-23-16-22(12-13-25(23)32-28(24)34)38(36,37)18-21-10-8-7-9-11-21;10-8-5-6-3-1-2-4-7(6)9-8/h7-13,16-17,31H,5-6,14-15,18H2,1-4H3,(H,30,35)(H,32,34);1-4H,5H2,(H,9,10)/b24-17-;. The van der Waals surface area contributed by atoms with Crippen molar-refractivity contribution in [3.05, 3.63) is 112 Å². The van der Waals surface area contributed by atoms with Crippen molar-refractivity contribution in [1.29, 1.82) is 0 Å². The smallest absolute Gasteiger partial charge is 0.256 e. The van der Waals surface area contributed by atoms with Crippen LogP contribution in [0.1, 0.15) is 57.8 Å². The van der Waals surface area contributed by atoms with Gasteiger partial charge in [0, 0.05) is 41.4 Å². The molecule has 3 heterocycles. The fraction of sp³-hybridized carbons (Fsp3) is 0.270. The monoisotopic (exact) mass is 667 g/mol. The van der Waals surface area contributed by atoms with E-state index in [-0.39, 0.29) is 28.4 Å². The number of fused-ring (bicyclic) bond motifs is 2. The first kappa shape index (κ1) is 34.3. The average Bonchev–Trinajstić information content (AvgIpc) is 3.70. The Balaban J connectivity index is 0.000000380. The molecule has 3 amide bonds. The van der Waals surface area contributed by atoms with E-state index in [1.54, 1.807) is 42.5 Å². The minimum absolute atomic E-state index is 0.0983. The van der Waals surface area contributed by atoms with Crippen LogP contribution in [0.4, 0.5) is 11.4 Å². The lowest BCUT2D eigenvalue weighted by Crippen LogP contribution is -2.35. The number of rotatable bonds is 10. The quantitative estimate of drug-likeness (QED) is 0.168. The van der Waals surface area contributed by atoms with E-state index >= 15 is 0 Å². The van der Waals surface area contributed by atoms with Crippen molar-refractivity contribution < 1.29 is 22.8 Å². The van der Waals surface area contributed by atoms with E-state index in [2.05, 4.69) is 39.7 Å². The maximum Gasteiger partial charge on any atom is 0.256 e. The number of benzene rings is 3. The summed E-state index contributed by atoms with van der Waals surface area (Å²) in [6.07, 6.45) is 2.22. The summed E-state index contributed by atoms with van der Waals surface area (Å²) in [6, 6.07) is 21.4. The zero-order chi connectivity index (χ0) is 34.4. The highest BCUT2D eigenvalue weighted by molar-refractivity contribution is 7.90. The summed E-state index contributed by atoms with van der Waals surface area (Å²) in [5, 5.41) is 8.56. The molecule has 0 saturated heterocycles. The van der Waals surface area contributed by atoms with Crippen LogP contribution in [-0.4, -0.2) is 62.2 Å². The molecule has 0 unspecified atom stereocenters. The third-order valence-corrected chi connectivity index (χ3v) is 10.3. The molecule has 4 aromatic rings. The van der Waals surface area contributed by atoms with Crippen LogP contribution in [0.5, 0.6) is 0 Å². The van der Waals surface area contributed by atoms with Gasteiger partial charge in [-0.05, 0) is 74.0 Å². The first-order valence-corrected chi connectivity index (χ1v) is 17.7. The summed E-state index contributed by atoms with van der Waals surface area (Å²) >= 11 is 0. The highest BCUT2D eigenvalue weighted by Crippen LogP contribution is 2.36. The van der Waals surface area contributed by atoms with Gasteiger partial charge in [-0.3, -0.25) is 14.4 Å². The van der Waals surface area contributed by atoms with Gasteiger partial charge in [-0.25, -0.2) is 8.42 Å². The van der Waals surface area contributed by atoms with E-state index in [0.717, 1.165) is 36.4 Å². The lowest BCUT2D eigenvalue weighted by Gasteiger charge is -2.18. The first-order valence-electron chi connectivity index (χ1n) is 16.0. The molecule has 11 heteroatoms. The molecule has 10 nitrogen and oxygen atoms in total. The van der Waals surface area contributed by atoms with E-state index in [0.29, 0.717) is 52.3 Å². The van der Waals surface area contributed by atoms with Crippen LogP contribution in [0.25, 0.3) is 11.6 Å². The Bertz CT molecular complexity index is 1950. The van der Waals surface area contributed by atoms with E-state index in [9.17, 15) is 22.8 Å². The van der Waals surface area contributed by atoms with E-state index in [1.165, 1.54) is 6.07 Å². The highest BCUT2D eigenvalue weighted by atomic mass is 32.2. The van der Waals surface area contributed by atoms with Crippen LogP contribution in [-0.2, 0) is 31.6 Å². The van der Waals surface area contributed by atoms with Crippen molar-refractivity contribution in [2.24, 2.45) is 0 Å². The molecule has 0 saturated carbocycles. The SMILES string of the molecule is CCN(CC)CCNC(=O)c1c(C)[nH]c(/C=C2\C(=O)Nc3ccc(S(=O)(=O)Cc4ccccc4)cc32)c1C.O=C1Cc2ccccc2N1. The number of amides is 3. The molecule has 6 rings (SSSR count). The largest absolute Gasteiger partial charge is 0.358 e. The maximum absolute atomic E-state index is 13.1. The normalized spacial score (nSPS) is 14.2. The van der Waals surface area contributed by atoms with Gasteiger partial charge in [0.15, 0.2) is 9.84 Å². The van der Waals surface area contributed by atoms with Crippen LogP contribution in [0.3, 0.4) is 0 Å². The molecule has 3 aromatic carbocycles. The van der Waals surface area contributed by atoms with Crippen molar-refractivity contribution in [3.63, 3.8) is 0 Å². The first-order chi connectivity index (χ1) is 23.0. The Kier molecular flexibility index (Phi) is 10.6. The number of para-hydroxylation sites is 1. The highest BCUT2D eigenvalue weighted by Gasteiger charge is 2.28. The summed E-state index contributed by atoms with van der Waals surface area (Å²) in [4.78, 5) is 42.2. The fourth-order valence-electron chi connectivity index (χ4n) is 5.90. The molecule has 4 N–H and O–H groups in total. The van der Waals surface area contributed by atoms with Crippen LogP contribution < -0.4 is 16.0 Å². The molecule has 48 heavy (non-hydrogen) atoms. The van der Waals surface area contributed by atoms with Crippen molar-refractivity contribution in [3.8, 4) is 0 Å². The number of hydrogen-bond donors (Lipinski definition) is 4. The minimum Gasteiger partial charge on any atom is -0.358 e. The van der Waals surface area contributed by atoms with Crippen molar-refractivity contribution in [2.75, 3.05) is 36.8 Å². The summed E-state index contributed by atoms with van der Waals surface area (Å²) in [6.45, 7) is 11.0. The van der Waals surface area contributed by atoms with Gasteiger partial charge < -0.3 is 25.8 Å². The number of carbonyl (C=O) groups excluding carboxylic acids is 3. The van der Waals surface area contributed by atoms with Crippen molar-refractivity contribution in [1.82, 2.24) is 15.2 Å². The second kappa shape index (κ2) is 14.8. The second-order valence-corrected chi connectivity index (χ2v) is 13.8. The number of nitrogens with one attached hydrogen (secondary N) is 4. The second-order valence-electron chi connectivity index (χ2n) is 11.8. The average molecular weight is 668 g/mol. The predicted octanol–water partition coefficient (Wildman–Crippen LogP) is 5.35. The molecule has 0 radical (unpaired) electrons. The molecular formula is C37H41N5O5S. The molecule has 2 aliphatic rings. The maximum atomic E-state index is 13.1. The Hall–Kier alpha value is -5.00. The van der Waals surface area contributed by atoms with Crippen molar-refractivity contribution in [2.45, 2.75) is 44.8 Å². The topological polar surface area (TPSA) is 140 Å². The zero-order valence-corrected chi connectivity index (χ0v) is 28.5. The van der Waals surface area contributed by atoms with Gasteiger partial charge in [-0.1, -0.05) is 62.4 Å². The number of aryl methyl sites for hydroxylation is 1. The van der Waals surface area contributed by atoms with Crippen LogP contribution in [0, 0.1) is 13.8 Å². The van der Waals surface area contributed by atoms with Gasteiger partial charge in [0.05, 0.1) is 28.2 Å². The molecule has 0 bridgehead atoms. The van der Waals surface area contributed by atoms with Gasteiger partial charge in [0.2, 0.25) is 5.91 Å². The van der Waals surface area contributed by atoms with E-state index in [1.807, 2.05) is 44.2 Å². The molecule has 0 aliphatic carbocycles. The molecule has 250 valence electrons. The van der Waals surface area contributed by atoms with Gasteiger partial charge in [-0.2, -0.15) is 0 Å². The lowest BCUT2D eigenvalue weighted by atomic mass is 10.0. The number of hydrogen-bond acceptors (Lipinski definition) is 6. The predicted molar refractivity (Wildman–Crippen MR) is 189 cm³/mol. The van der Waals surface area contributed by atoms with E-state index in [4.69, 9.17) is 0 Å². The Morgan fingerprint density at radius 3 is 2.33 bits per heavy atom.